The number of carbonyl (C=O) groups excluding carboxylic acids is 2. The second-order valence-corrected chi connectivity index (χ2v) is 9.10. The van der Waals surface area contributed by atoms with Crippen LogP contribution in [0.3, 0.4) is 0 Å². The Morgan fingerprint density at radius 1 is 1.31 bits per heavy atom. The molecule has 26 heavy (non-hydrogen) atoms. The Morgan fingerprint density at radius 2 is 2.00 bits per heavy atom. The number of phenolic OH excluding ortho intramolecular Hbond substituents is 1. The molecule has 0 radical (unpaired) electrons. The van der Waals surface area contributed by atoms with E-state index in [1.165, 1.54) is 6.92 Å². The average Bonchev–Trinajstić information content (AvgIpc) is 2.54. The smallest absolute Gasteiger partial charge is 0.302 e. The highest BCUT2D eigenvalue weighted by Crippen LogP contribution is 2.57. The molecule has 3 rings (SSSR count). The van der Waals surface area contributed by atoms with Gasteiger partial charge in [-0.25, -0.2) is 0 Å². The fraction of sp³-hybridized carbons (Fsp3) is 0.636. The monoisotopic (exact) mass is 358 g/mol. The summed E-state index contributed by atoms with van der Waals surface area (Å²) in [6.45, 7) is 10.3. The number of fused-ring (bicyclic) bond motifs is 3. The van der Waals surface area contributed by atoms with Crippen molar-refractivity contribution in [2.24, 2.45) is 11.3 Å². The number of Topliss-reactive ketones (excluding diaryl/α,β-unsaturated/α-hetero) is 1. The van der Waals surface area contributed by atoms with Crippen LogP contribution in [0.1, 0.15) is 87.7 Å². The van der Waals surface area contributed by atoms with E-state index in [0.29, 0.717) is 17.9 Å². The van der Waals surface area contributed by atoms with Crippen LogP contribution in [0.2, 0.25) is 0 Å². The summed E-state index contributed by atoms with van der Waals surface area (Å²) in [6, 6.07) is 3.64. The van der Waals surface area contributed by atoms with Gasteiger partial charge in [0.15, 0.2) is 5.78 Å². The molecular weight excluding hydrogens is 328 g/mol. The fourth-order valence-corrected chi connectivity index (χ4v) is 5.28. The molecule has 4 heteroatoms. The third-order valence-electron chi connectivity index (χ3n) is 6.77. The first-order valence-electron chi connectivity index (χ1n) is 9.60. The second kappa shape index (κ2) is 6.40. The van der Waals surface area contributed by atoms with E-state index in [2.05, 4.69) is 20.8 Å². The van der Waals surface area contributed by atoms with Gasteiger partial charge in [-0.3, -0.25) is 9.59 Å². The van der Waals surface area contributed by atoms with Crippen LogP contribution in [0.4, 0.5) is 0 Å². The van der Waals surface area contributed by atoms with Crippen LogP contribution >= 0.6 is 0 Å². The Labute approximate surface area is 155 Å². The zero-order chi connectivity index (χ0) is 19.3. The van der Waals surface area contributed by atoms with Crippen molar-refractivity contribution in [3.63, 3.8) is 0 Å². The number of rotatable bonds is 3. The summed E-state index contributed by atoms with van der Waals surface area (Å²) in [5.74, 6) is 0.155. The lowest BCUT2D eigenvalue weighted by Gasteiger charge is -2.53. The Bertz CT molecular complexity index is 749. The zero-order valence-electron chi connectivity index (χ0n) is 16.5. The van der Waals surface area contributed by atoms with E-state index in [4.69, 9.17) is 4.74 Å². The van der Waals surface area contributed by atoms with Crippen LogP contribution in [-0.4, -0.2) is 23.5 Å². The largest absolute Gasteiger partial charge is 0.508 e. The first-order chi connectivity index (χ1) is 12.1. The minimum atomic E-state index is -0.342. The number of benzene rings is 1. The molecule has 1 aromatic carbocycles. The maximum atomic E-state index is 13.0. The summed E-state index contributed by atoms with van der Waals surface area (Å²) in [7, 11) is 0. The molecule has 1 saturated carbocycles. The lowest BCUT2D eigenvalue weighted by molar-refractivity contribution is -0.141. The van der Waals surface area contributed by atoms with Gasteiger partial charge in [-0.2, -0.15) is 0 Å². The van der Waals surface area contributed by atoms with E-state index in [1.54, 1.807) is 6.07 Å². The Balaban J connectivity index is 2.04. The molecule has 0 amide bonds. The van der Waals surface area contributed by atoms with Gasteiger partial charge < -0.3 is 9.84 Å². The molecule has 0 aromatic heterocycles. The van der Waals surface area contributed by atoms with Crippen LogP contribution in [-0.2, 0) is 14.9 Å². The van der Waals surface area contributed by atoms with Gasteiger partial charge in [0, 0.05) is 30.4 Å². The molecule has 0 spiro atoms. The first kappa shape index (κ1) is 18.9. The molecule has 4 nitrogen and oxygen atoms in total. The highest BCUT2D eigenvalue weighted by Gasteiger charge is 2.52. The topological polar surface area (TPSA) is 63.6 Å². The molecule has 2 aliphatic carbocycles. The Morgan fingerprint density at radius 3 is 2.65 bits per heavy atom. The van der Waals surface area contributed by atoms with Crippen molar-refractivity contribution in [3.05, 3.63) is 28.8 Å². The van der Waals surface area contributed by atoms with Gasteiger partial charge in [0.2, 0.25) is 0 Å². The highest BCUT2D eigenvalue weighted by atomic mass is 16.5. The number of aromatic hydroxyl groups is 1. The van der Waals surface area contributed by atoms with Gasteiger partial charge in [0.1, 0.15) is 5.75 Å². The fourth-order valence-electron chi connectivity index (χ4n) is 5.28. The van der Waals surface area contributed by atoms with E-state index < -0.39 is 0 Å². The predicted octanol–water partition coefficient (Wildman–Crippen LogP) is 4.73. The number of phenols is 1. The van der Waals surface area contributed by atoms with Gasteiger partial charge in [-0.1, -0.05) is 34.1 Å². The van der Waals surface area contributed by atoms with Crippen LogP contribution in [0, 0.1) is 11.3 Å². The van der Waals surface area contributed by atoms with E-state index in [1.807, 2.05) is 13.0 Å². The SMILES string of the molecule is CC(=O)OCC(C)c1cc2c(cc1O)C1(C)CCCC(C)(C)C1CC2=O. The number of ether oxygens (including phenoxy) is 1. The van der Waals surface area contributed by atoms with E-state index in [9.17, 15) is 14.7 Å². The molecule has 1 fully saturated rings. The normalized spacial score (nSPS) is 28.0. The Kier molecular flexibility index (Phi) is 4.66. The summed E-state index contributed by atoms with van der Waals surface area (Å²) in [5.41, 5.74) is 2.45. The number of esters is 1. The van der Waals surface area contributed by atoms with Gasteiger partial charge in [-0.15, -0.1) is 0 Å². The van der Waals surface area contributed by atoms with Crippen LogP contribution in [0.5, 0.6) is 5.75 Å². The second-order valence-electron chi connectivity index (χ2n) is 9.10. The van der Waals surface area contributed by atoms with E-state index in [-0.39, 0.29) is 40.9 Å². The quantitative estimate of drug-likeness (QED) is 0.794. The molecule has 0 saturated heterocycles. The number of hydrogen-bond donors (Lipinski definition) is 1. The molecule has 3 atom stereocenters. The number of carbonyl (C=O) groups is 2. The number of hydrogen-bond acceptors (Lipinski definition) is 4. The molecule has 142 valence electrons. The van der Waals surface area contributed by atoms with Gasteiger partial charge in [0.25, 0.3) is 0 Å². The predicted molar refractivity (Wildman–Crippen MR) is 101 cm³/mol. The van der Waals surface area contributed by atoms with Crippen molar-refractivity contribution in [1.82, 2.24) is 0 Å². The standard InChI is InChI=1S/C22H30O4/c1-13(12-26-14(2)23)15-9-16-17(10-18(15)24)22(5)8-6-7-21(3,4)20(22)11-19(16)25/h9-10,13,20,24H,6-8,11-12H2,1-5H3. The highest BCUT2D eigenvalue weighted by molar-refractivity contribution is 6.00. The molecule has 0 heterocycles. The van der Waals surface area contributed by atoms with Crippen molar-refractivity contribution < 1.29 is 19.4 Å². The van der Waals surface area contributed by atoms with Gasteiger partial charge in [0.05, 0.1) is 6.61 Å². The summed E-state index contributed by atoms with van der Waals surface area (Å²) >= 11 is 0. The van der Waals surface area contributed by atoms with Crippen molar-refractivity contribution in [1.29, 1.82) is 0 Å². The first-order valence-corrected chi connectivity index (χ1v) is 9.60. The summed E-state index contributed by atoms with van der Waals surface area (Å²) in [5, 5.41) is 10.7. The van der Waals surface area contributed by atoms with E-state index >= 15 is 0 Å². The van der Waals surface area contributed by atoms with Crippen molar-refractivity contribution in [2.75, 3.05) is 6.61 Å². The molecule has 0 bridgehead atoms. The minimum Gasteiger partial charge on any atom is -0.508 e. The third-order valence-corrected chi connectivity index (χ3v) is 6.77. The Hall–Kier alpha value is -1.84. The minimum absolute atomic E-state index is 0.0832. The van der Waals surface area contributed by atoms with Crippen molar-refractivity contribution in [2.45, 2.75) is 71.6 Å². The summed E-state index contributed by atoms with van der Waals surface area (Å²) < 4.78 is 5.08. The molecule has 0 aliphatic heterocycles. The summed E-state index contributed by atoms with van der Waals surface area (Å²) in [6.07, 6.45) is 3.89. The van der Waals surface area contributed by atoms with Gasteiger partial charge >= 0.3 is 5.97 Å². The average molecular weight is 358 g/mol. The lowest BCUT2D eigenvalue weighted by Crippen LogP contribution is -2.49. The van der Waals surface area contributed by atoms with E-state index in [0.717, 1.165) is 30.4 Å². The van der Waals surface area contributed by atoms with Crippen LogP contribution in [0.25, 0.3) is 0 Å². The zero-order valence-corrected chi connectivity index (χ0v) is 16.5. The molecule has 3 unspecified atom stereocenters. The molecule has 1 aromatic rings. The lowest BCUT2D eigenvalue weighted by atomic mass is 9.50. The molecular formula is C22H30O4. The molecule has 2 aliphatic rings. The summed E-state index contributed by atoms with van der Waals surface area (Å²) in [4.78, 5) is 24.0. The molecule has 1 N–H and O–H groups in total. The van der Waals surface area contributed by atoms with Crippen molar-refractivity contribution in [3.8, 4) is 5.75 Å². The third kappa shape index (κ3) is 3.04. The van der Waals surface area contributed by atoms with Crippen LogP contribution in [0.15, 0.2) is 12.1 Å². The maximum absolute atomic E-state index is 13.0. The van der Waals surface area contributed by atoms with Crippen LogP contribution < -0.4 is 0 Å². The number of ketones is 1. The van der Waals surface area contributed by atoms with Crippen molar-refractivity contribution >= 4 is 11.8 Å². The van der Waals surface area contributed by atoms with Gasteiger partial charge in [-0.05, 0) is 47.3 Å². The maximum Gasteiger partial charge on any atom is 0.302 e.